The number of anilines is 1. The molecular weight excluding hydrogens is 231 g/mol. The van der Waals surface area contributed by atoms with Gasteiger partial charge in [0.25, 0.3) is 0 Å². The van der Waals surface area contributed by atoms with E-state index in [1.165, 1.54) is 5.56 Å². The number of benzene rings is 1. The summed E-state index contributed by atoms with van der Waals surface area (Å²) in [6.45, 7) is 7.53. The zero-order valence-corrected chi connectivity index (χ0v) is 10.9. The van der Waals surface area contributed by atoms with E-state index in [1.807, 2.05) is 18.2 Å². The fourth-order valence-corrected chi connectivity index (χ4v) is 1.40. The van der Waals surface area contributed by atoms with Gasteiger partial charge in [0, 0.05) is 12.2 Å². The maximum Gasteiger partial charge on any atom is 0.0317 e. The zero-order valence-electron chi connectivity index (χ0n) is 9.27. The Morgan fingerprint density at radius 2 is 1.73 bits per heavy atom. The SMILES string of the molecule is CCN(CC)Cc1cccc(N)c1.Cl.Cl. The number of hydrogen-bond donors (Lipinski definition) is 1. The molecule has 0 atom stereocenters. The van der Waals surface area contributed by atoms with Crippen LogP contribution in [0.3, 0.4) is 0 Å². The summed E-state index contributed by atoms with van der Waals surface area (Å²) in [6.07, 6.45) is 0. The first-order valence-electron chi connectivity index (χ1n) is 4.83. The average Bonchev–Trinajstić information content (AvgIpc) is 2.14. The van der Waals surface area contributed by atoms with Crippen molar-refractivity contribution in [2.45, 2.75) is 20.4 Å². The molecule has 0 aliphatic carbocycles. The van der Waals surface area contributed by atoms with Gasteiger partial charge in [-0.25, -0.2) is 0 Å². The third-order valence-corrected chi connectivity index (χ3v) is 2.25. The third kappa shape index (κ3) is 5.88. The third-order valence-electron chi connectivity index (χ3n) is 2.25. The minimum atomic E-state index is 0. The molecule has 0 heterocycles. The Hall–Kier alpha value is -0.440. The van der Waals surface area contributed by atoms with E-state index >= 15 is 0 Å². The van der Waals surface area contributed by atoms with Gasteiger partial charge in [-0.3, -0.25) is 4.90 Å². The van der Waals surface area contributed by atoms with E-state index in [-0.39, 0.29) is 24.8 Å². The normalized spacial score (nSPS) is 9.27. The molecule has 0 aliphatic rings. The summed E-state index contributed by atoms with van der Waals surface area (Å²) >= 11 is 0. The molecule has 15 heavy (non-hydrogen) atoms. The molecule has 0 fully saturated rings. The second kappa shape index (κ2) is 8.84. The molecule has 2 nitrogen and oxygen atoms in total. The van der Waals surface area contributed by atoms with E-state index in [2.05, 4.69) is 24.8 Å². The van der Waals surface area contributed by atoms with Crippen molar-refractivity contribution in [3.63, 3.8) is 0 Å². The molecule has 1 aromatic rings. The first-order valence-corrected chi connectivity index (χ1v) is 4.83. The largest absolute Gasteiger partial charge is 0.399 e. The summed E-state index contributed by atoms with van der Waals surface area (Å²) in [5.41, 5.74) is 7.85. The molecule has 0 spiro atoms. The summed E-state index contributed by atoms with van der Waals surface area (Å²) in [5.74, 6) is 0. The lowest BCUT2D eigenvalue weighted by Crippen LogP contribution is -2.22. The van der Waals surface area contributed by atoms with Gasteiger partial charge < -0.3 is 5.73 Å². The van der Waals surface area contributed by atoms with Gasteiger partial charge in [0.05, 0.1) is 0 Å². The first-order chi connectivity index (χ1) is 6.26. The van der Waals surface area contributed by atoms with Crippen molar-refractivity contribution in [3.05, 3.63) is 29.8 Å². The van der Waals surface area contributed by atoms with Crippen LogP contribution in [0.25, 0.3) is 0 Å². The monoisotopic (exact) mass is 250 g/mol. The molecule has 1 rings (SSSR count). The van der Waals surface area contributed by atoms with E-state index in [1.54, 1.807) is 0 Å². The molecule has 1 aromatic carbocycles. The average molecular weight is 251 g/mol. The number of nitrogens with zero attached hydrogens (tertiary/aromatic N) is 1. The van der Waals surface area contributed by atoms with Gasteiger partial charge in [-0.15, -0.1) is 24.8 Å². The van der Waals surface area contributed by atoms with Crippen LogP contribution in [0, 0.1) is 0 Å². The Morgan fingerprint density at radius 1 is 1.13 bits per heavy atom. The van der Waals surface area contributed by atoms with Gasteiger partial charge in [-0.2, -0.15) is 0 Å². The van der Waals surface area contributed by atoms with E-state index in [0.717, 1.165) is 25.3 Å². The lowest BCUT2D eigenvalue weighted by atomic mass is 10.2. The van der Waals surface area contributed by atoms with Crippen LogP contribution in [0.4, 0.5) is 5.69 Å². The smallest absolute Gasteiger partial charge is 0.0317 e. The van der Waals surface area contributed by atoms with E-state index in [0.29, 0.717) is 0 Å². The maximum absolute atomic E-state index is 5.70. The van der Waals surface area contributed by atoms with Gasteiger partial charge >= 0.3 is 0 Å². The van der Waals surface area contributed by atoms with Gasteiger partial charge in [0.1, 0.15) is 0 Å². The van der Waals surface area contributed by atoms with E-state index in [9.17, 15) is 0 Å². The van der Waals surface area contributed by atoms with Crippen molar-refractivity contribution in [2.24, 2.45) is 0 Å². The quantitative estimate of drug-likeness (QED) is 0.833. The number of rotatable bonds is 4. The molecular formula is C11H20Cl2N2. The van der Waals surface area contributed by atoms with Crippen molar-refractivity contribution < 1.29 is 0 Å². The predicted octanol–water partition coefficient (Wildman–Crippen LogP) is 2.95. The Bertz CT molecular complexity index is 263. The van der Waals surface area contributed by atoms with Crippen LogP contribution >= 0.6 is 24.8 Å². The van der Waals surface area contributed by atoms with Crippen molar-refractivity contribution in [1.82, 2.24) is 4.90 Å². The van der Waals surface area contributed by atoms with Crippen molar-refractivity contribution in [2.75, 3.05) is 18.8 Å². The standard InChI is InChI=1S/C11H18N2.2ClH/c1-3-13(4-2)9-10-6-5-7-11(12)8-10;;/h5-8H,3-4,9,12H2,1-2H3;2*1H. The van der Waals surface area contributed by atoms with Crippen LogP contribution in [-0.4, -0.2) is 18.0 Å². The molecule has 0 saturated heterocycles. The number of hydrogen-bond acceptors (Lipinski definition) is 2. The topological polar surface area (TPSA) is 29.3 Å². The van der Waals surface area contributed by atoms with Gasteiger partial charge in [0.15, 0.2) is 0 Å². The van der Waals surface area contributed by atoms with Crippen molar-refractivity contribution in [3.8, 4) is 0 Å². The highest BCUT2D eigenvalue weighted by Gasteiger charge is 2.00. The zero-order chi connectivity index (χ0) is 9.68. The van der Waals surface area contributed by atoms with Crippen LogP contribution in [0.15, 0.2) is 24.3 Å². The summed E-state index contributed by atoms with van der Waals surface area (Å²) in [6, 6.07) is 8.09. The Balaban J connectivity index is 0. The summed E-state index contributed by atoms with van der Waals surface area (Å²) in [7, 11) is 0. The molecule has 0 saturated carbocycles. The van der Waals surface area contributed by atoms with Crippen molar-refractivity contribution in [1.29, 1.82) is 0 Å². The van der Waals surface area contributed by atoms with Gasteiger partial charge in [0.2, 0.25) is 0 Å². The highest BCUT2D eigenvalue weighted by atomic mass is 35.5. The molecule has 0 radical (unpaired) electrons. The first kappa shape index (κ1) is 17.0. The van der Waals surface area contributed by atoms with Crippen LogP contribution in [-0.2, 0) is 6.54 Å². The van der Waals surface area contributed by atoms with Crippen LogP contribution in [0.2, 0.25) is 0 Å². The molecule has 88 valence electrons. The molecule has 4 heteroatoms. The molecule has 0 amide bonds. The highest BCUT2D eigenvalue weighted by Crippen LogP contribution is 2.08. The van der Waals surface area contributed by atoms with Crippen LogP contribution in [0.1, 0.15) is 19.4 Å². The van der Waals surface area contributed by atoms with Gasteiger partial charge in [-0.1, -0.05) is 26.0 Å². The highest BCUT2D eigenvalue weighted by molar-refractivity contribution is 5.85. The maximum atomic E-state index is 5.70. The fourth-order valence-electron chi connectivity index (χ4n) is 1.40. The molecule has 0 bridgehead atoms. The summed E-state index contributed by atoms with van der Waals surface area (Å²) in [5, 5.41) is 0. The Labute approximate surface area is 105 Å². The lowest BCUT2D eigenvalue weighted by molar-refractivity contribution is 0.296. The van der Waals surface area contributed by atoms with E-state index in [4.69, 9.17) is 5.73 Å². The molecule has 0 aromatic heterocycles. The van der Waals surface area contributed by atoms with E-state index < -0.39 is 0 Å². The molecule has 2 N–H and O–H groups in total. The Kier molecular flexibility index (Phi) is 10.00. The predicted molar refractivity (Wildman–Crippen MR) is 72.0 cm³/mol. The molecule has 0 unspecified atom stereocenters. The van der Waals surface area contributed by atoms with Crippen LogP contribution < -0.4 is 5.73 Å². The minimum Gasteiger partial charge on any atom is -0.399 e. The van der Waals surface area contributed by atoms with Gasteiger partial charge in [-0.05, 0) is 30.8 Å². The van der Waals surface area contributed by atoms with Crippen LogP contribution in [0.5, 0.6) is 0 Å². The fraction of sp³-hybridized carbons (Fsp3) is 0.455. The van der Waals surface area contributed by atoms with Crippen molar-refractivity contribution >= 4 is 30.5 Å². The second-order valence-electron chi connectivity index (χ2n) is 3.21. The number of halogens is 2. The number of nitrogen functional groups attached to an aromatic ring is 1. The summed E-state index contributed by atoms with van der Waals surface area (Å²) in [4.78, 5) is 2.37. The number of nitrogens with two attached hydrogens (primary N) is 1. The minimum absolute atomic E-state index is 0. The Morgan fingerprint density at radius 3 is 2.20 bits per heavy atom. The molecule has 0 aliphatic heterocycles. The lowest BCUT2D eigenvalue weighted by Gasteiger charge is -2.17. The second-order valence-corrected chi connectivity index (χ2v) is 3.21. The summed E-state index contributed by atoms with van der Waals surface area (Å²) < 4.78 is 0.